The molecular weight excluding hydrogens is 322 g/mol. The normalized spacial score (nSPS) is 10.7. The van der Waals surface area contributed by atoms with Crippen LogP contribution >= 0.6 is 22.9 Å². The van der Waals surface area contributed by atoms with Crippen LogP contribution in [-0.2, 0) is 0 Å². The maximum absolute atomic E-state index is 12.2. The Balaban J connectivity index is 1.95. The van der Waals surface area contributed by atoms with E-state index in [-0.39, 0.29) is 11.6 Å². The van der Waals surface area contributed by atoms with Crippen LogP contribution in [0, 0.1) is 13.8 Å². The van der Waals surface area contributed by atoms with E-state index in [1.807, 2.05) is 19.1 Å². The number of anilines is 1. The molecule has 22 heavy (non-hydrogen) atoms. The zero-order chi connectivity index (χ0) is 15.7. The molecule has 0 aliphatic carbocycles. The predicted octanol–water partition coefficient (Wildman–Crippen LogP) is 3.25. The minimum Gasteiger partial charge on any atom is -0.296 e. The number of rotatable bonds is 3. The number of benzene rings is 1. The average Bonchev–Trinajstić information content (AvgIpc) is 3.11. The zero-order valence-corrected chi connectivity index (χ0v) is 13.4. The fourth-order valence-corrected chi connectivity index (χ4v) is 2.72. The van der Waals surface area contributed by atoms with Crippen LogP contribution < -0.4 is 5.32 Å². The van der Waals surface area contributed by atoms with E-state index in [4.69, 9.17) is 11.6 Å². The van der Waals surface area contributed by atoms with E-state index in [1.54, 1.807) is 29.2 Å². The maximum Gasteiger partial charge on any atom is 0.279 e. The van der Waals surface area contributed by atoms with Crippen LogP contribution in [0.2, 0.25) is 5.02 Å². The summed E-state index contributed by atoms with van der Waals surface area (Å²) in [6.07, 6.45) is 1.62. The molecule has 3 aromatic rings. The molecule has 112 valence electrons. The standard InChI is InChI=1S/C14H12ClN5OS/c1-8-3-4-10(15)11(7-8)20-9(2)12(18-19-20)13(21)17-14-16-5-6-22-14/h3-7H,1-2H3,(H,16,17,21). The number of halogens is 1. The Bertz CT molecular complexity index is 828. The largest absolute Gasteiger partial charge is 0.296 e. The van der Waals surface area contributed by atoms with Crippen LogP contribution in [0.4, 0.5) is 5.13 Å². The summed E-state index contributed by atoms with van der Waals surface area (Å²) in [5.41, 5.74) is 2.59. The Hall–Kier alpha value is -2.25. The molecule has 0 unspecified atom stereocenters. The quantitative estimate of drug-likeness (QED) is 0.798. The summed E-state index contributed by atoms with van der Waals surface area (Å²) in [4.78, 5) is 16.2. The molecule has 8 heteroatoms. The number of thiazole rings is 1. The van der Waals surface area contributed by atoms with Crippen molar-refractivity contribution in [2.24, 2.45) is 0 Å². The van der Waals surface area contributed by atoms with Crippen molar-refractivity contribution in [2.75, 3.05) is 5.32 Å². The Morgan fingerprint density at radius 3 is 2.91 bits per heavy atom. The molecule has 0 saturated heterocycles. The molecule has 0 aliphatic rings. The number of aromatic nitrogens is 4. The summed E-state index contributed by atoms with van der Waals surface area (Å²) >= 11 is 7.55. The monoisotopic (exact) mass is 333 g/mol. The number of carbonyl (C=O) groups excluding carboxylic acids is 1. The number of aryl methyl sites for hydroxylation is 1. The highest BCUT2D eigenvalue weighted by Crippen LogP contribution is 2.23. The van der Waals surface area contributed by atoms with Crippen LogP contribution in [0.3, 0.4) is 0 Å². The highest BCUT2D eigenvalue weighted by atomic mass is 35.5. The lowest BCUT2D eigenvalue weighted by Gasteiger charge is -2.07. The van der Waals surface area contributed by atoms with E-state index in [0.29, 0.717) is 21.5 Å². The van der Waals surface area contributed by atoms with Crippen LogP contribution in [0.15, 0.2) is 29.8 Å². The fourth-order valence-electron chi connectivity index (χ4n) is 1.99. The van der Waals surface area contributed by atoms with Crippen LogP contribution in [0.1, 0.15) is 21.7 Å². The third-order valence-electron chi connectivity index (χ3n) is 3.09. The van der Waals surface area contributed by atoms with Gasteiger partial charge in [-0.2, -0.15) is 0 Å². The van der Waals surface area contributed by atoms with Crippen molar-refractivity contribution in [3.8, 4) is 5.69 Å². The van der Waals surface area contributed by atoms with Gasteiger partial charge in [0.25, 0.3) is 5.91 Å². The minimum atomic E-state index is -0.345. The van der Waals surface area contributed by atoms with Crippen LogP contribution in [0.25, 0.3) is 5.69 Å². The van der Waals surface area contributed by atoms with Crippen LogP contribution in [-0.4, -0.2) is 25.9 Å². The van der Waals surface area contributed by atoms with E-state index in [1.165, 1.54) is 11.3 Å². The van der Waals surface area contributed by atoms with Gasteiger partial charge in [0.2, 0.25) is 0 Å². The summed E-state index contributed by atoms with van der Waals surface area (Å²) in [7, 11) is 0. The van der Waals surface area contributed by atoms with E-state index >= 15 is 0 Å². The van der Waals surface area contributed by atoms with Crippen molar-refractivity contribution in [3.63, 3.8) is 0 Å². The molecule has 2 heterocycles. The smallest absolute Gasteiger partial charge is 0.279 e. The first kappa shape index (κ1) is 14.7. The summed E-state index contributed by atoms with van der Waals surface area (Å²) in [6, 6.07) is 5.60. The van der Waals surface area contributed by atoms with Gasteiger partial charge >= 0.3 is 0 Å². The first-order valence-corrected chi connectivity index (χ1v) is 7.71. The van der Waals surface area contributed by atoms with Crippen molar-refractivity contribution < 1.29 is 4.79 Å². The van der Waals surface area contributed by atoms with Gasteiger partial charge in [0.05, 0.1) is 16.4 Å². The SMILES string of the molecule is Cc1ccc(Cl)c(-n2nnc(C(=O)Nc3nccs3)c2C)c1. The van der Waals surface area contributed by atoms with Crippen molar-refractivity contribution in [1.29, 1.82) is 0 Å². The van der Waals surface area contributed by atoms with Crippen molar-refractivity contribution in [3.05, 3.63) is 51.7 Å². The highest BCUT2D eigenvalue weighted by molar-refractivity contribution is 7.13. The molecule has 1 N–H and O–H groups in total. The molecule has 0 fully saturated rings. The van der Waals surface area contributed by atoms with E-state index in [0.717, 1.165) is 5.56 Å². The molecule has 3 rings (SSSR count). The third kappa shape index (κ3) is 2.72. The highest BCUT2D eigenvalue weighted by Gasteiger charge is 2.19. The Kier molecular flexibility index (Phi) is 3.91. The zero-order valence-electron chi connectivity index (χ0n) is 11.9. The first-order valence-electron chi connectivity index (χ1n) is 6.46. The lowest BCUT2D eigenvalue weighted by molar-refractivity contribution is 0.102. The molecule has 0 atom stereocenters. The fraction of sp³-hybridized carbons (Fsp3) is 0.143. The number of nitrogens with zero attached hydrogens (tertiary/aromatic N) is 4. The summed E-state index contributed by atoms with van der Waals surface area (Å²) in [6.45, 7) is 3.73. The molecule has 1 aromatic carbocycles. The molecule has 0 radical (unpaired) electrons. The number of carbonyl (C=O) groups is 1. The molecule has 6 nitrogen and oxygen atoms in total. The Morgan fingerprint density at radius 2 is 2.18 bits per heavy atom. The maximum atomic E-state index is 12.2. The van der Waals surface area contributed by atoms with Gasteiger partial charge in [0.1, 0.15) is 0 Å². The molecule has 0 spiro atoms. The van der Waals surface area contributed by atoms with Gasteiger partial charge in [-0.25, -0.2) is 9.67 Å². The Labute approximate surface area is 135 Å². The van der Waals surface area contributed by atoms with Gasteiger partial charge in [-0.05, 0) is 31.5 Å². The molecule has 2 aromatic heterocycles. The van der Waals surface area contributed by atoms with Gasteiger partial charge in [-0.3, -0.25) is 10.1 Å². The van der Waals surface area contributed by atoms with Gasteiger partial charge < -0.3 is 0 Å². The van der Waals surface area contributed by atoms with Crippen molar-refractivity contribution >= 4 is 34.0 Å². The summed E-state index contributed by atoms with van der Waals surface area (Å²) in [5.74, 6) is -0.345. The summed E-state index contributed by atoms with van der Waals surface area (Å²) < 4.78 is 1.56. The predicted molar refractivity (Wildman–Crippen MR) is 85.9 cm³/mol. The van der Waals surface area contributed by atoms with Gasteiger partial charge in [-0.15, -0.1) is 16.4 Å². The van der Waals surface area contributed by atoms with Gasteiger partial charge in [-0.1, -0.05) is 22.9 Å². The molecule has 0 bridgehead atoms. The Morgan fingerprint density at radius 1 is 1.36 bits per heavy atom. The van der Waals surface area contributed by atoms with Gasteiger partial charge in [0.15, 0.2) is 10.8 Å². The van der Waals surface area contributed by atoms with Gasteiger partial charge in [0, 0.05) is 11.6 Å². The first-order chi connectivity index (χ1) is 10.6. The lowest BCUT2D eigenvalue weighted by Crippen LogP contribution is -2.14. The lowest BCUT2D eigenvalue weighted by atomic mass is 10.2. The average molecular weight is 334 g/mol. The molecule has 1 amide bonds. The number of amides is 1. The second-order valence-corrected chi connectivity index (χ2v) is 5.98. The minimum absolute atomic E-state index is 0.243. The number of hydrogen-bond donors (Lipinski definition) is 1. The van der Waals surface area contributed by atoms with Crippen molar-refractivity contribution in [1.82, 2.24) is 20.0 Å². The van der Waals surface area contributed by atoms with E-state index in [9.17, 15) is 4.79 Å². The number of hydrogen-bond acceptors (Lipinski definition) is 5. The molecular formula is C14H12ClN5OS. The topological polar surface area (TPSA) is 72.7 Å². The van der Waals surface area contributed by atoms with E-state index in [2.05, 4.69) is 20.6 Å². The van der Waals surface area contributed by atoms with Crippen LogP contribution in [0.5, 0.6) is 0 Å². The van der Waals surface area contributed by atoms with E-state index < -0.39 is 0 Å². The second kappa shape index (κ2) is 5.86. The molecule has 0 saturated carbocycles. The number of nitrogens with one attached hydrogen (secondary N) is 1. The molecule has 0 aliphatic heterocycles. The van der Waals surface area contributed by atoms with Crippen molar-refractivity contribution in [2.45, 2.75) is 13.8 Å². The summed E-state index contributed by atoms with van der Waals surface area (Å²) in [5, 5.41) is 13.5. The third-order valence-corrected chi connectivity index (χ3v) is 4.10. The second-order valence-electron chi connectivity index (χ2n) is 4.68.